The van der Waals surface area contributed by atoms with Gasteiger partial charge in [-0.2, -0.15) is 13.2 Å². The predicted molar refractivity (Wildman–Crippen MR) is 140 cm³/mol. The second-order valence-corrected chi connectivity index (χ2v) is 11.4. The molecule has 4 nitrogen and oxygen atoms in total. The smallest absolute Gasteiger partial charge is 0.376 e. The van der Waals surface area contributed by atoms with Gasteiger partial charge in [-0.15, -0.1) is 20.7 Å². The minimum atomic E-state index is -4.49. The van der Waals surface area contributed by atoms with Crippen LogP contribution in [-0.2, 0) is 12.6 Å². The normalized spacial score (nSPS) is 17.9. The Morgan fingerprint density at radius 2 is 1.97 bits per heavy atom. The molecule has 1 aliphatic rings. The Morgan fingerprint density at radius 1 is 1.15 bits per heavy atom. The third kappa shape index (κ3) is 6.14. The van der Waals surface area contributed by atoms with Crippen LogP contribution in [0.25, 0.3) is 10.9 Å². The number of carbonyl (C=O) groups excluding carboxylic acids is 1. The molecule has 0 bridgehead atoms. The largest absolute Gasteiger partial charge is 0.433 e. The zero-order valence-corrected chi connectivity index (χ0v) is 21.0. The number of hydrogen-bond acceptors (Lipinski definition) is 3. The molecule has 1 aliphatic carbocycles. The Labute approximate surface area is 207 Å². The number of fused-ring (bicyclic) bond motifs is 1. The lowest BCUT2D eigenvalue weighted by Crippen LogP contribution is -2.38. The first-order valence-electron chi connectivity index (χ1n) is 11.4. The summed E-state index contributed by atoms with van der Waals surface area (Å²) >= 11 is -0.381. The average Bonchev–Trinajstić information content (AvgIpc) is 2.83. The van der Waals surface area contributed by atoms with E-state index in [2.05, 4.69) is 22.5 Å². The van der Waals surface area contributed by atoms with Crippen molar-refractivity contribution in [2.75, 3.05) is 9.87 Å². The number of nitrogens with one attached hydrogen (secondary N) is 2. The van der Waals surface area contributed by atoms with E-state index >= 15 is 0 Å². The molecular formula is C26H27F3IN3O. The van der Waals surface area contributed by atoms with E-state index in [0.29, 0.717) is 26.7 Å². The highest BCUT2D eigenvalue weighted by molar-refractivity contribution is 14.2. The van der Waals surface area contributed by atoms with E-state index in [4.69, 9.17) is 0 Å². The number of para-hydroxylation sites is 1. The van der Waals surface area contributed by atoms with Crippen molar-refractivity contribution in [3.05, 3.63) is 71.4 Å². The van der Waals surface area contributed by atoms with Crippen LogP contribution in [0.5, 0.6) is 0 Å². The molecule has 1 unspecified atom stereocenters. The van der Waals surface area contributed by atoms with Gasteiger partial charge >= 0.3 is 6.18 Å². The summed E-state index contributed by atoms with van der Waals surface area (Å²) in [5, 5.41) is 7.11. The molecule has 0 aliphatic heterocycles. The van der Waals surface area contributed by atoms with Crippen LogP contribution in [0.3, 0.4) is 0 Å². The van der Waals surface area contributed by atoms with Crippen LogP contribution in [-0.4, -0.2) is 25.0 Å². The number of carbonyl (C=O) groups is 1. The van der Waals surface area contributed by atoms with Crippen LogP contribution in [0.2, 0.25) is 0 Å². The van der Waals surface area contributed by atoms with Crippen molar-refractivity contribution in [1.82, 2.24) is 10.3 Å². The van der Waals surface area contributed by atoms with Gasteiger partial charge in [0, 0.05) is 22.7 Å². The lowest BCUT2D eigenvalue weighted by atomic mass is 9.95. The van der Waals surface area contributed by atoms with E-state index in [0.717, 1.165) is 43.7 Å². The van der Waals surface area contributed by atoms with E-state index in [-0.39, 0.29) is 32.7 Å². The van der Waals surface area contributed by atoms with Crippen molar-refractivity contribution in [3.8, 4) is 0 Å². The number of hydrogen-bond donors (Lipinski definition) is 2. The average molecular weight is 581 g/mol. The molecule has 2 N–H and O–H groups in total. The van der Waals surface area contributed by atoms with Gasteiger partial charge in [-0.05, 0) is 65.4 Å². The number of benzene rings is 2. The van der Waals surface area contributed by atoms with Crippen molar-refractivity contribution in [2.24, 2.45) is 0 Å². The van der Waals surface area contributed by atoms with Crippen LogP contribution in [0, 0.1) is 0 Å². The Morgan fingerprint density at radius 3 is 2.76 bits per heavy atom. The summed E-state index contributed by atoms with van der Waals surface area (Å²) in [4.78, 5) is 16.5. The lowest BCUT2D eigenvalue weighted by molar-refractivity contribution is -0.140. The lowest BCUT2D eigenvalue weighted by Gasteiger charge is -2.25. The Bertz CT molecular complexity index is 1210. The molecule has 34 heavy (non-hydrogen) atoms. The van der Waals surface area contributed by atoms with Crippen molar-refractivity contribution < 1.29 is 18.0 Å². The molecule has 180 valence electrons. The number of aromatic nitrogens is 1. The summed E-state index contributed by atoms with van der Waals surface area (Å²) in [5.41, 5.74) is 1.74. The molecule has 1 amide bonds. The summed E-state index contributed by atoms with van der Waals surface area (Å²) in [5.74, 6) is -0.0409. The van der Waals surface area contributed by atoms with Crippen molar-refractivity contribution >= 4 is 46.7 Å². The number of halogens is 4. The fourth-order valence-corrected chi connectivity index (χ4v) is 6.87. The molecule has 2 aromatic carbocycles. The number of amides is 1. The maximum atomic E-state index is 13.3. The van der Waals surface area contributed by atoms with Gasteiger partial charge in [0.1, 0.15) is 5.69 Å². The van der Waals surface area contributed by atoms with Crippen LogP contribution in [0.4, 0.5) is 18.9 Å². The van der Waals surface area contributed by atoms with E-state index in [9.17, 15) is 18.0 Å². The number of aryl methyl sites for hydroxylation is 1. The zero-order valence-electron chi connectivity index (χ0n) is 18.9. The van der Waals surface area contributed by atoms with Crippen molar-refractivity contribution in [2.45, 2.75) is 51.2 Å². The van der Waals surface area contributed by atoms with Crippen LogP contribution in [0.15, 0.2) is 54.6 Å². The molecule has 4 rings (SSSR count). The number of pyridine rings is 1. The number of rotatable bonds is 6. The SMILES string of the molecule is CCc1cccc(C(=O)NC2CCCC(=ICNc3cc(C(F)(F)F)nc4ccccc34)C2)c1. The number of alkyl halides is 4. The molecule has 1 saturated carbocycles. The van der Waals surface area contributed by atoms with Crippen molar-refractivity contribution in [3.63, 3.8) is 0 Å². The Hall–Kier alpha value is -2.49. The number of nitrogens with zero attached hydrogens (tertiary/aromatic N) is 1. The molecule has 0 spiro atoms. The second kappa shape index (κ2) is 10.8. The standard InChI is InChI=1S/C26H27F3IN3O/c1-2-17-7-5-8-18(13-17)25(34)32-20-10-6-9-19(14-20)30-16-31-23-15-24(26(27,28)29)33-22-12-4-3-11-21(22)23/h3-5,7-8,11-13,15,20H,2,6,9-10,14,16H2,1H3,(H,31,33)(H,32,34). The third-order valence-electron chi connectivity index (χ3n) is 5.92. The highest BCUT2D eigenvalue weighted by Crippen LogP contribution is 2.33. The van der Waals surface area contributed by atoms with Gasteiger partial charge in [-0.1, -0.05) is 37.3 Å². The molecule has 1 atom stereocenters. The van der Waals surface area contributed by atoms with Gasteiger partial charge in [0.15, 0.2) is 0 Å². The fourth-order valence-electron chi connectivity index (χ4n) is 4.12. The first-order chi connectivity index (χ1) is 16.3. The van der Waals surface area contributed by atoms with Crippen LogP contribution < -0.4 is 10.6 Å². The predicted octanol–water partition coefficient (Wildman–Crippen LogP) is 6.70. The molecule has 1 aromatic heterocycles. The van der Waals surface area contributed by atoms with Crippen LogP contribution >= 0.6 is 20.7 Å². The highest BCUT2D eigenvalue weighted by atomic mass is 127. The molecule has 3 aromatic rings. The topological polar surface area (TPSA) is 54.0 Å². The Kier molecular flexibility index (Phi) is 7.85. The highest BCUT2D eigenvalue weighted by Gasteiger charge is 2.33. The third-order valence-corrected chi connectivity index (χ3v) is 8.74. The molecule has 1 heterocycles. The van der Waals surface area contributed by atoms with Gasteiger partial charge in [0.05, 0.1) is 10.1 Å². The summed E-state index contributed by atoms with van der Waals surface area (Å²) in [6.45, 7) is 2.07. The van der Waals surface area contributed by atoms with Gasteiger partial charge in [0.25, 0.3) is 5.91 Å². The fraction of sp³-hybridized carbons (Fsp3) is 0.346. The van der Waals surface area contributed by atoms with Gasteiger partial charge in [0.2, 0.25) is 0 Å². The Balaban J connectivity index is 1.41. The van der Waals surface area contributed by atoms with E-state index < -0.39 is 11.9 Å². The van der Waals surface area contributed by atoms with E-state index in [1.807, 2.05) is 24.3 Å². The van der Waals surface area contributed by atoms with Gasteiger partial charge in [-0.25, -0.2) is 4.98 Å². The minimum Gasteiger partial charge on any atom is -0.376 e. The summed E-state index contributed by atoms with van der Waals surface area (Å²) in [7, 11) is 0. The first-order valence-corrected chi connectivity index (χ1v) is 14.0. The van der Waals surface area contributed by atoms with E-state index in [1.54, 1.807) is 24.3 Å². The first kappa shape index (κ1) is 24.6. The van der Waals surface area contributed by atoms with Crippen molar-refractivity contribution in [1.29, 1.82) is 0 Å². The summed E-state index contributed by atoms with van der Waals surface area (Å²) < 4.78 is 42.0. The molecular weight excluding hydrogens is 554 g/mol. The number of anilines is 1. The summed E-state index contributed by atoms with van der Waals surface area (Å²) in [6, 6.07) is 15.8. The minimum absolute atomic E-state index is 0.0409. The maximum Gasteiger partial charge on any atom is 0.433 e. The van der Waals surface area contributed by atoms with Gasteiger partial charge in [-0.3, -0.25) is 4.79 Å². The quantitative estimate of drug-likeness (QED) is 0.194. The molecule has 8 heteroatoms. The van der Waals surface area contributed by atoms with E-state index in [1.165, 1.54) is 3.51 Å². The monoisotopic (exact) mass is 581 g/mol. The maximum absolute atomic E-state index is 13.3. The molecule has 0 saturated heterocycles. The molecule has 1 fully saturated rings. The van der Waals surface area contributed by atoms with Crippen LogP contribution in [0.1, 0.15) is 54.2 Å². The molecule has 0 radical (unpaired) electrons. The second-order valence-electron chi connectivity index (χ2n) is 8.35. The van der Waals surface area contributed by atoms with Gasteiger partial charge < -0.3 is 10.6 Å². The zero-order chi connectivity index (χ0) is 24.1. The summed E-state index contributed by atoms with van der Waals surface area (Å²) in [6.07, 6.45) is 0.235.